The van der Waals surface area contributed by atoms with E-state index in [1.165, 1.54) is 0 Å². The summed E-state index contributed by atoms with van der Waals surface area (Å²) >= 11 is 0. The Morgan fingerprint density at radius 1 is 1.18 bits per heavy atom. The molecule has 3 heterocycles. The van der Waals surface area contributed by atoms with E-state index < -0.39 is 0 Å². The van der Waals surface area contributed by atoms with Crippen LogP contribution in [0.3, 0.4) is 0 Å². The molecule has 1 fully saturated rings. The Labute approximate surface area is 162 Å². The van der Waals surface area contributed by atoms with Crippen LogP contribution in [0, 0.1) is 13.8 Å². The Balaban J connectivity index is 1.27. The fourth-order valence-corrected chi connectivity index (χ4v) is 2.90. The minimum Gasteiger partial charge on any atom is -0.487 e. The van der Waals surface area contributed by atoms with E-state index in [0.29, 0.717) is 24.6 Å². The Hall–Kier alpha value is -3.35. The number of amides is 1. The fourth-order valence-electron chi connectivity index (χ4n) is 2.90. The molecule has 28 heavy (non-hydrogen) atoms. The summed E-state index contributed by atoms with van der Waals surface area (Å²) < 4.78 is 16.7. The second kappa shape index (κ2) is 7.72. The van der Waals surface area contributed by atoms with E-state index in [1.807, 2.05) is 50.2 Å². The Morgan fingerprint density at radius 3 is 2.79 bits per heavy atom. The molecule has 0 unspecified atom stereocenters. The molecule has 0 atom stereocenters. The molecule has 7 heteroatoms. The van der Waals surface area contributed by atoms with Crippen LogP contribution in [0.1, 0.15) is 27.5 Å². The Kier molecular flexibility index (Phi) is 4.97. The molecule has 0 saturated carbocycles. The molecule has 1 aromatic carbocycles. The summed E-state index contributed by atoms with van der Waals surface area (Å²) in [6.07, 6.45) is 1.64. The summed E-state index contributed by atoms with van der Waals surface area (Å²) in [7, 11) is 0. The third kappa shape index (κ3) is 4.14. The van der Waals surface area contributed by atoms with Crippen molar-refractivity contribution in [1.29, 1.82) is 0 Å². The molecule has 0 aliphatic carbocycles. The lowest BCUT2D eigenvalue weighted by atomic mass is 10.1. The third-order valence-corrected chi connectivity index (χ3v) is 4.47. The molecule has 0 radical (unpaired) electrons. The van der Waals surface area contributed by atoms with Crippen LogP contribution in [0.2, 0.25) is 0 Å². The van der Waals surface area contributed by atoms with Crippen LogP contribution in [0.25, 0.3) is 0 Å². The van der Waals surface area contributed by atoms with Crippen LogP contribution >= 0.6 is 0 Å². The molecule has 7 nitrogen and oxygen atoms in total. The van der Waals surface area contributed by atoms with E-state index in [9.17, 15) is 4.79 Å². The third-order valence-electron chi connectivity index (χ3n) is 4.47. The maximum atomic E-state index is 12.5. The lowest BCUT2D eigenvalue weighted by Gasteiger charge is -2.38. The summed E-state index contributed by atoms with van der Waals surface area (Å²) in [6, 6.07) is 13.2. The maximum Gasteiger partial charge on any atom is 0.276 e. The minimum absolute atomic E-state index is 0.00510. The molecule has 1 aliphatic rings. The summed E-state index contributed by atoms with van der Waals surface area (Å²) in [5.41, 5.74) is 2.33. The highest BCUT2D eigenvalue weighted by Crippen LogP contribution is 2.21. The van der Waals surface area contributed by atoms with Gasteiger partial charge >= 0.3 is 0 Å². The lowest BCUT2D eigenvalue weighted by Crippen LogP contribution is -2.56. The SMILES string of the molecule is Cc1cccc(OC2CN(C(=O)c3cc(COc4ccc(C)nc4)on3)C2)c1. The van der Waals surface area contributed by atoms with E-state index in [4.69, 9.17) is 14.0 Å². The number of pyridine rings is 1. The van der Waals surface area contributed by atoms with Gasteiger partial charge in [-0.15, -0.1) is 0 Å². The van der Waals surface area contributed by atoms with Gasteiger partial charge in [0.25, 0.3) is 5.91 Å². The van der Waals surface area contributed by atoms with Crippen molar-refractivity contribution >= 4 is 5.91 Å². The number of aromatic nitrogens is 2. The monoisotopic (exact) mass is 379 g/mol. The van der Waals surface area contributed by atoms with Gasteiger partial charge < -0.3 is 18.9 Å². The average molecular weight is 379 g/mol. The summed E-state index contributed by atoms with van der Waals surface area (Å²) in [6.45, 7) is 5.17. The first-order valence-corrected chi connectivity index (χ1v) is 9.10. The number of nitrogens with zero attached hydrogens (tertiary/aromatic N) is 3. The minimum atomic E-state index is -0.170. The largest absolute Gasteiger partial charge is 0.487 e. The van der Waals surface area contributed by atoms with Crippen molar-refractivity contribution < 1.29 is 18.8 Å². The highest BCUT2D eigenvalue weighted by Gasteiger charge is 2.34. The molecule has 0 spiro atoms. The highest BCUT2D eigenvalue weighted by molar-refractivity contribution is 5.92. The maximum absolute atomic E-state index is 12.5. The predicted molar refractivity (Wildman–Crippen MR) is 101 cm³/mol. The van der Waals surface area contributed by atoms with E-state index in [2.05, 4.69) is 10.1 Å². The van der Waals surface area contributed by atoms with Crippen molar-refractivity contribution in [3.8, 4) is 11.5 Å². The Bertz CT molecular complexity index is 962. The number of hydrogen-bond acceptors (Lipinski definition) is 6. The van der Waals surface area contributed by atoms with Crippen molar-refractivity contribution in [3.05, 3.63) is 71.4 Å². The first-order chi connectivity index (χ1) is 13.6. The first-order valence-electron chi connectivity index (χ1n) is 9.10. The van der Waals surface area contributed by atoms with Gasteiger partial charge in [0.1, 0.15) is 24.2 Å². The molecule has 1 amide bonds. The number of carbonyl (C=O) groups excluding carboxylic acids is 1. The molecule has 1 aliphatic heterocycles. The summed E-state index contributed by atoms with van der Waals surface area (Å²) in [5.74, 6) is 1.77. The Morgan fingerprint density at radius 2 is 2.04 bits per heavy atom. The van der Waals surface area contributed by atoms with Crippen LogP contribution < -0.4 is 9.47 Å². The van der Waals surface area contributed by atoms with Gasteiger partial charge in [0.2, 0.25) is 0 Å². The number of carbonyl (C=O) groups is 1. The van der Waals surface area contributed by atoms with Crippen LogP contribution in [0.4, 0.5) is 0 Å². The highest BCUT2D eigenvalue weighted by atomic mass is 16.5. The fraction of sp³-hybridized carbons (Fsp3) is 0.286. The topological polar surface area (TPSA) is 77.7 Å². The van der Waals surface area contributed by atoms with Gasteiger partial charge in [-0.05, 0) is 43.7 Å². The lowest BCUT2D eigenvalue weighted by molar-refractivity contribution is 0.0170. The summed E-state index contributed by atoms with van der Waals surface area (Å²) in [4.78, 5) is 18.4. The van der Waals surface area contributed by atoms with Crippen LogP contribution in [0.15, 0.2) is 53.2 Å². The van der Waals surface area contributed by atoms with E-state index in [-0.39, 0.29) is 24.3 Å². The van der Waals surface area contributed by atoms with E-state index >= 15 is 0 Å². The first kappa shape index (κ1) is 18.0. The van der Waals surface area contributed by atoms with Gasteiger partial charge in [0, 0.05) is 11.8 Å². The molecule has 3 aromatic rings. The van der Waals surface area contributed by atoms with Crippen molar-refractivity contribution in [2.75, 3.05) is 13.1 Å². The molecule has 0 N–H and O–H groups in total. The molecular formula is C21H21N3O4. The summed E-state index contributed by atoms with van der Waals surface area (Å²) in [5, 5.41) is 3.86. The number of ether oxygens (including phenoxy) is 2. The predicted octanol–water partition coefficient (Wildman–Crippen LogP) is 3.17. The van der Waals surface area contributed by atoms with Gasteiger partial charge in [-0.3, -0.25) is 9.78 Å². The number of aryl methyl sites for hydroxylation is 2. The van der Waals surface area contributed by atoms with Crippen LogP contribution in [-0.4, -0.2) is 40.1 Å². The second-order valence-electron chi connectivity index (χ2n) is 6.87. The molecule has 4 rings (SSSR count). The zero-order valence-electron chi connectivity index (χ0n) is 15.8. The van der Waals surface area contributed by atoms with Crippen LogP contribution in [-0.2, 0) is 6.61 Å². The van der Waals surface area contributed by atoms with Crippen LogP contribution in [0.5, 0.6) is 11.5 Å². The molecule has 144 valence electrons. The molecule has 2 aromatic heterocycles. The van der Waals surface area contributed by atoms with Crippen molar-refractivity contribution in [3.63, 3.8) is 0 Å². The number of likely N-dealkylation sites (tertiary alicyclic amines) is 1. The number of benzene rings is 1. The van der Waals surface area contributed by atoms with E-state index in [1.54, 1.807) is 17.2 Å². The number of hydrogen-bond donors (Lipinski definition) is 0. The van der Waals surface area contributed by atoms with Gasteiger partial charge in [0.15, 0.2) is 11.5 Å². The number of rotatable bonds is 6. The van der Waals surface area contributed by atoms with Crippen molar-refractivity contribution in [2.45, 2.75) is 26.6 Å². The zero-order chi connectivity index (χ0) is 19.5. The zero-order valence-corrected chi connectivity index (χ0v) is 15.8. The van der Waals surface area contributed by atoms with Crippen molar-refractivity contribution in [1.82, 2.24) is 15.0 Å². The standard InChI is InChI=1S/C21H21N3O4/c1-14-4-3-5-16(8-14)27-19-11-24(12-19)21(25)20-9-18(28-23-20)13-26-17-7-6-15(2)22-10-17/h3-10,19H,11-13H2,1-2H3. The van der Waals surface area contributed by atoms with E-state index in [0.717, 1.165) is 17.0 Å². The van der Waals surface area contributed by atoms with Gasteiger partial charge in [-0.25, -0.2) is 0 Å². The quantitative estimate of drug-likeness (QED) is 0.655. The molecule has 1 saturated heterocycles. The van der Waals surface area contributed by atoms with Gasteiger partial charge in [0.05, 0.1) is 19.3 Å². The molecule has 0 bridgehead atoms. The van der Waals surface area contributed by atoms with Crippen molar-refractivity contribution in [2.24, 2.45) is 0 Å². The average Bonchev–Trinajstić information content (AvgIpc) is 3.12. The van der Waals surface area contributed by atoms with Gasteiger partial charge in [-0.2, -0.15) is 0 Å². The normalized spacial score (nSPS) is 13.9. The second-order valence-corrected chi connectivity index (χ2v) is 6.87. The smallest absolute Gasteiger partial charge is 0.276 e. The molecular weight excluding hydrogens is 358 g/mol. The van der Waals surface area contributed by atoms with Gasteiger partial charge in [-0.1, -0.05) is 17.3 Å².